The molecule has 0 amide bonds. The number of cyclic esters (lactones) is 2. The van der Waals surface area contributed by atoms with Crippen molar-refractivity contribution in [3.63, 3.8) is 0 Å². The Morgan fingerprint density at radius 1 is 1.44 bits per heavy atom. The zero-order valence-corrected chi connectivity index (χ0v) is 13.7. The smallest absolute Gasteiger partial charge is 0.456 e. The van der Waals surface area contributed by atoms with E-state index in [0.717, 1.165) is 12.5 Å². The zero-order valence-electron chi connectivity index (χ0n) is 11.7. The normalized spacial score (nSPS) is 20.1. The van der Waals surface area contributed by atoms with Gasteiger partial charge < -0.3 is 18.3 Å². The molecule has 0 N–H and O–H groups in total. The highest BCUT2D eigenvalue weighted by molar-refractivity contribution is 6.77. The molecule has 0 aromatic carbocycles. The summed E-state index contributed by atoms with van der Waals surface area (Å²) in [6.07, 6.45) is 0.171. The summed E-state index contributed by atoms with van der Waals surface area (Å²) in [6.45, 7) is 10.3. The maximum atomic E-state index is 10.7. The summed E-state index contributed by atoms with van der Waals surface area (Å²) in [4.78, 5) is 10.7. The molecule has 1 unspecified atom stereocenters. The Balaban J connectivity index is 1.97. The molecule has 105 valence electrons. The average molecular weight is 291 g/mol. The van der Waals surface area contributed by atoms with Gasteiger partial charge in [-0.15, -0.1) is 0 Å². The van der Waals surface area contributed by atoms with Crippen LogP contribution in [0.1, 0.15) is 6.42 Å². The maximum absolute atomic E-state index is 10.7. The van der Waals surface area contributed by atoms with Crippen LogP contribution in [-0.2, 0) is 18.3 Å². The van der Waals surface area contributed by atoms with E-state index in [1.807, 2.05) is 0 Å². The van der Waals surface area contributed by atoms with E-state index >= 15 is 0 Å². The zero-order chi connectivity index (χ0) is 13.6. The van der Waals surface area contributed by atoms with Crippen molar-refractivity contribution in [3.8, 4) is 0 Å². The van der Waals surface area contributed by atoms with Gasteiger partial charge in [-0.05, 0) is 38.7 Å². The fourth-order valence-electron chi connectivity index (χ4n) is 1.66. The number of hydrogen-bond acceptors (Lipinski definition) is 5. The summed E-state index contributed by atoms with van der Waals surface area (Å²) in [5, 5.41) is 0. The molecular formula is C11H23O5Si2. The van der Waals surface area contributed by atoms with Crippen LogP contribution < -0.4 is 0 Å². The Kier molecular flexibility index (Phi) is 6.33. The third-order valence-electron chi connectivity index (χ3n) is 2.25. The molecule has 1 radical (unpaired) electrons. The van der Waals surface area contributed by atoms with E-state index in [1.54, 1.807) is 0 Å². The molecule has 1 heterocycles. The molecule has 1 atom stereocenters. The molecule has 1 saturated heterocycles. The summed E-state index contributed by atoms with van der Waals surface area (Å²) >= 11 is 0. The predicted molar refractivity (Wildman–Crippen MR) is 72.5 cm³/mol. The second-order valence-electron chi connectivity index (χ2n) is 5.40. The van der Waals surface area contributed by atoms with Gasteiger partial charge in [-0.1, -0.05) is 0 Å². The van der Waals surface area contributed by atoms with Crippen LogP contribution in [-0.4, -0.2) is 49.4 Å². The number of carbonyl (C=O) groups excluding carboxylic acids is 1. The van der Waals surface area contributed by atoms with Crippen molar-refractivity contribution in [1.82, 2.24) is 0 Å². The number of rotatable bonds is 8. The lowest BCUT2D eigenvalue weighted by molar-refractivity contribution is 0.0461. The van der Waals surface area contributed by atoms with Gasteiger partial charge in [0.05, 0.1) is 6.61 Å². The lowest BCUT2D eigenvalue weighted by Crippen LogP contribution is -2.33. The molecule has 0 spiro atoms. The Hall–Kier alpha value is -0.376. The average Bonchev–Trinajstić information content (AvgIpc) is 2.61. The van der Waals surface area contributed by atoms with Crippen molar-refractivity contribution in [2.75, 3.05) is 19.8 Å². The van der Waals surface area contributed by atoms with Gasteiger partial charge in [0.25, 0.3) is 0 Å². The van der Waals surface area contributed by atoms with E-state index in [0.29, 0.717) is 19.8 Å². The first-order valence-corrected chi connectivity index (χ1v) is 11.8. The van der Waals surface area contributed by atoms with Gasteiger partial charge in [0.1, 0.15) is 6.61 Å². The van der Waals surface area contributed by atoms with Gasteiger partial charge in [0, 0.05) is 6.61 Å². The highest BCUT2D eigenvalue weighted by atomic mass is 28.4. The van der Waals surface area contributed by atoms with Crippen LogP contribution in [0.3, 0.4) is 0 Å². The van der Waals surface area contributed by atoms with Crippen molar-refractivity contribution in [1.29, 1.82) is 0 Å². The van der Waals surface area contributed by atoms with Crippen molar-refractivity contribution >= 4 is 23.5 Å². The fraction of sp³-hybridized carbons (Fsp3) is 0.909. The van der Waals surface area contributed by atoms with Gasteiger partial charge in [-0.2, -0.15) is 0 Å². The molecule has 0 aliphatic carbocycles. The largest absolute Gasteiger partial charge is 0.508 e. The number of hydrogen-bond donors (Lipinski definition) is 0. The highest BCUT2D eigenvalue weighted by Gasteiger charge is 2.25. The summed E-state index contributed by atoms with van der Waals surface area (Å²) in [7, 11) is -2.07. The summed E-state index contributed by atoms with van der Waals surface area (Å²) < 4.78 is 21.0. The molecular weight excluding hydrogens is 268 g/mol. The molecule has 7 heteroatoms. The molecule has 0 saturated carbocycles. The molecule has 18 heavy (non-hydrogen) atoms. The molecule has 1 aliphatic heterocycles. The summed E-state index contributed by atoms with van der Waals surface area (Å²) in [5.41, 5.74) is 0. The maximum Gasteiger partial charge on any atom is 0.508 e. The Bertz CT molecular complexity index is 267. The minimum Gasteiger partial charge on any atom is -0.456 e. The summed E-state index contributed by atoms with van der Waals surface area (Å²) in [5.74, 6) is 0. The van der Waals surface area contributed by atoms with E-state index < -0.39 is 23.5 Å². The van der Waals surface area contributed by atoms with Crippen LogP contribution in [0.5, 0.6) is 0 Å². The fourth-order valence-corrected chi connectivity index (χ4v) is 6.89. The van der Waals surface area contributed by atoms with Crippen LogP contribution in [0.2, 0.25) is 32.2 Å². The van der Waals surface area contributed by atoms with Gasteiger partial charge in [0.2, 0.25) is 0 Å². The first-order chi connectivity index (χ1) is 8.37. The molecule has 0 aromatic rings. The third-order valence-corrected chi connectivity index (χ3v) is 7.15. The van der Waals surface area contributed by atoms with Crippen LogP contribution >= 0.6 is 0 Å². The van der Waals surface area contributed by atoms with Gasteiger partial charge in [-0.3, -0.25) is 0 Å². The standard InChI is InChI=1S/C11H23O5Si2/c1-17(16-18(2,3)4)7-5-6-13-8-10-9-14-11(12)15-10/h10H,5-9H2,1-4H3. The van der Waals surface area contributed by atoms with Crippen molar-refractivity contribution in [2.45, 2.75) is 44.8 Å². The Morgan fingerprint density at radius 3 is 2.72 bits per heavy atom. The van der Waals surface area contributed by atoms with E-state index in [-0.39, 0.29) is 6.10 Å². The number of carbonyl (C=O) groups is 1. The lowest BCUT2D eigenvalue weighted by atomic mass is 10.4. The molecule has 1 rings (SSSR count). The van der Waals surface area contributed by atoms with E-state index in [1.165, 1.54) is 0 Å². The predicted octanol–water partition coefficient (Wildman–Crippen LogP) is 2.40. The SMILES string of the molecule is C[Si](CCCOCC1COC(=O)O1)O[Si](C)(C)C. The lowest BCUT2D eigenvalue weighted by Gasteiger charge is -2.22. The first kappa shape index (κ1) is 15.7. The second-order valence-corrected chi connectivity index (χ2v) is 12.3. The van der Waals surface area contributed by atoms with Crippen LogP contribution in [0.25, 0.3) is 0 Å². The first-order valence-electron chi connectivity index (χ1n) is 6.29. The molecule has 0 bridgehead atoms. The van der Waals surface area contributed by atoms with Crippen molar-refractivity contribution < 1.29 is 23.1 Å². The molecule has 1 aliphatic rings. The Labute approximate surface area is 112 Å². The van der Waals surface area contributed by atoms with E-state index in [4.69, 9.17) is 13.6 Å². The topological polar surface area (TPSA) is 54.0 Å². The van der Waals surface area contributed by atoms with Crippen molar-refractivity contribution in [2.24, 2.45) is 0 Å². The van der Waals surface area contributed by atoms with Gasteiger partial charge >= 0.3 is 6.16 Å². The summed E-state index contributed by atoms with van der Waals surface area (Å²) in [6, 6.07) is 1.09. The van der Waals surface area contributed by atoms with Gasteiger partial charge in [-0.25, -0.2) is 4.79 Å². The Morgan fingerprint density at radius 2 is 2.17 bits per heavy atom. The highest BCUT2D eigenvalue weighted by Crippen LogP contribution is 2.10. The van der Waals surface area contributed by atoms with Gasteiger partial charge in [0.15, 0.2) is 23.5 Å². The third kappa shape index (κ3) is 7.15. The van der Waals surface area contributed by atoms with Crippen molar-refractivity contribution in [3.05, 3.63) is 0 Å². The molecule has 0 aromatic heterocycles. The van der Waals surface area contributed by atoms with Crippen LogP contribution in [0, 0.1) is 0 Å². The number of ether oxygens (including phenoxy) is 3. The minimum absolute atomic E-state index is 0.234. The molecule has 1 fully saturated rings. The minimum atomic E-state index is -1.39. The van der Waals surface area contributed by atoms with Crippen LogP contribution in [0.15, 0.2) is 0 Å². The molecule has 5 nitrogen and oxygen atoms in total. The second kappa shape index (κ2) is 7.27. The monoisotopic (exact) mass is 291 g/mol. The van der Waals surface area contributed by atoms with E-state index in [9.17, 15) is 4.79 Å². The quantitative estimate of drug-likeness (QED) is 0.390. The van der Waals surface area contributed by atoms with Crippen LogP contribution in [0.4, 0.5) is 4.79 Å². The van der Waals surface area contributed by atoms with E-state index in [2.05, 4.69) is 30.9 Å².